The van der Waals surface area contributed by atoms with E-state index in [0.29, 0.717) is 0 Å². The predicted octanol–water partition coefficient (Wildman–Crippen LogP) is 0.494. The van der Waals surface area contributed by atoms with Gasteiger partial charge in [0.15, 0.2) is 0 Å². The number of benzene rings is 1. The third-order valence-corrected chi connectivity index (χ3v) is 3.30. The molecule has 0 saturated carbocycles. The first-order valence-electron chi connectivity index (χ1n) is 5.94. The normalized spacial score (nSPS) is 19.0. The maximum atomic E-state index is 10.6. The fourth-order valence-electron chi connectivity index (χ4n) is 2.26. The molecule has 0 bridgehead atoms. The second-order valence-corrected chi connectivity index (χ2v) is 4.29. The van der Waals surface area contributed by atoms with Crippen LogP contribution >= 0.6 is 0 Å². The molecule has 1 amide bonds. The highest BCUT2D eigenvalue weighted by Gasteiger charge is 2.23. The fourth-order valence-corrected chi connectivity index (χ4v) is 2.26. The Bertz CT molecular complexity index is 348. The lowest BCUT2D eigenvalue weighted by atomic mass is 10.1. The molecule has 1 aromatic carbocycles. The number of piperazine rings is 1. The molecule has 1 aliphatic rings. The number of rotatable bonds is 4. The van der Waals surface area contributed by atoms with Gasteiger partial charge in [-0.15, -0.1) is 0 Å². The van der Waals surface area contributed by atoms with Crippen LogP contribution in [0.5, 0.6) is 0 Å². The molecule has 0 aromatic heterocycles. The monoisotopic (exact) mass is 234 g/mol. The van der Waals surface area contributed by atoms with E-state index in [1.165, 1.54) is 0 Å². The quantitative estimate of drug-likeness (QED) is 0.771. The third kappa shape index (κ3) is 2.84. The second kappa shape index (κ2) is 5.80. The van der Waals surface area contributed by atoms with Crippen LogP contribution < -0.4 is 0 Å². The molecular formula is C13H18N2O2. The van der Waals surface area contributed by atoms with Crippen LogP contribution in [0.15, 0.2) is 30.3 Å². The second-order valence-electron chi connectivity index (χ2n) is 4.29. The molecule has 4 heteroatoms. The molecule has 1 N–H and O–H groups in total. The molecule has 1 aromatic rings. The SMILES string of the molecule is O=CN1CCN(C(CO)c2ccccc2)CC1. The van der Waals surface area contributed by atoms with Gasteiger partial charge in [-0.05, 0) is 5.56 Å². The molecule has 1 unspecified atom stereocenters. The van der Waals surface area contributed by atoms with E-state index >= 15 is 0 Å². The van der Waals surface area contributed by atoms with E-state index in [4.69, 9.17) is 0 Å². The van der Waals surface area contributed by atoms with Crippen LogP contribution in [-0.2, 0) is 4.79 Å². The van der Waals surface area contributed by atoms with Gasteiger partial charge in [0.1, 0.15) is 0 Å². The Balaban J connectivity index is 2.03. The molecule has 0 aliphatic carbocycles. The summed E-state index contributed by atoms with van der Waals surface area (Å²) < 4.78 is 0. The van der Waals surface area contributed by atoms with Gasteiger partial charge in [-0.1, -0.05) is 30.3 Å². The number of aliphatic hydroxyl groups is 1. The fraction of sp³-hybridized carbons (Fsp3) is 0.462. The van der Waals surface area contributed by atoms with Gasteiger partial charge in [-0.25, -0.2) is 0 Å². The number of carbonyl (C=O) groups excluding carboxylic acids is 1. The minimum absolute atomic E-state index is 0.0463. The van der Waals surface area contributed by atoms with Crippen molar-refractivity contribution in [2.75, 3.05) is 32.8 Å². The summed E-state index contributed by atoms with van der Waals surface area (Å²) in [6.07, 6.45) is 0.897. The van der Waals surface area contributed by atoms with Crippen molar-refractivity contribution < 1.29 is 9.90 Å². The average molecular weight is 234 g/mol. The van der Waals surface area contributed by atoms with Crippen LogP contribution in [0.2, 0.25) is 0 Å². The summed E-state index contributed by atoms with van der Waals surface area (Å²) >= 11 is 0. The molecule has 1 aliphatic heterocycles. The first-order valence-corrected chi connectivity index (χ1v) is 5.94. The molecule has 92 valence electrons. The Hall–Kier alpha value is -1.39. The van der Waals surface area contributed by atoms with Gasteiger partial charge in [-0.2, -0.15) is 0 Å². The predicted molar refractivity (Wildman–Crippen MR) is 65.5 cm³/mol. The van der Waals surface area contributed by atoms with Crippen molar-refractivity contribution in [1.29, 1.82) is 0 Å². The van der Waals surface area contributed by atoms with Crippen molar-refractivity contribution >= 4 is 6.41 Å². The van der Waals surface area contributed by atoms with Gasteiger partial charge in [0.2, 0.25) is 6.41 Å². The van der Waals surface area contributed by atoms with Crippen molar-refractivity contribution in [2.45, 2.75) is 6.04 Å². The maximum Gasteiger partial charge on any atom is 0.209 e. The van der Waals surface area contributed by atoms with Gasteiger partial charge in [0.05, 0.1) is 12.6 Å². The molecule has 1 fully saturated rings. The van der Waals surface area contributed by atoms with Crippen LogP contribution in [0.25, 0.3) is 0 Å². The summed E-state index contributed by atoms with van der Waals surface area (Å²) in [5.74, 6) is 0. The van der Waals surface area contributed by atoms with Crippen molar-refractivity contribution in [2.24, 2.45) is 0 Å². The first kappa shape index (κ1) is 12.1. The first-order chi connectivity index (χ1) is 8.35. The average Bonchev–Trinajstić information content (AvgIpc) is 2.42. The minimum Gasteiger partial charge on any atom is -0.394 e. The highest BCUT2D eigenvalue weighted by Crippen LogP contribution is 2.21. The van der Waals surface area contributed by atoms with Crippen molar-refractivity contribution in [1.82, 2.24) is 9.80 Å². The Labute approximate surface area is 101 Å². The summed E-state index contributed by atoms with van der Waals surface area (Å²) in [6.45, 7) is 3.24. The lowest BCUT2D eigenvalue weighted by Crippen LogP contribution is -2.47. The van der Waals surface area contributed by atoms with Gasteiger partial charge in [0, 0.05) is 26.2 Å². The lowest BCUT2D eigenvalue weighted by molar-refractivity contribution is -0.120. The molecule has 4 nitrogen and oxygen atoms in total. The standard InChI is InChI=1S/C13H18N2O2/c16-10-13(12-4-2-1-3-5-12)15-8-6-14(11-17)7-9-15/h1-5,11,13,16H,6-10H2. The van der Waals surface area contributed by atoms with E-state index in [2.05, 4.69) is 4.90 Å². The zero-order chi connectivity index (χ0) is 12.1. The Morgan fingerprint density at radius 3 is 2.35 bits per heavy atom. The summed E-state index contributed by atoms with van der Waals surface area (Å²) in [5.41, 5.74) is 1.13. The molecule has 1 saturated heterocycles. The number of nitrogens with zero attached hydrogens (tertiary/aromatic N) is 2. The molecule has 0 radical (unpaired) electrons. The van der Waals surface area contributed by atoms with Crippen molar-refractivity contribution in [3.8, 4) is 0 Å². The van der Waals surface area contributed by atoms with Crippen LogP contribution in [0, 0.1) is 0 Å². The topological polar surface area (TPSA) is 43.8 Å². The molecule has 2 rings (SSSR count). The van der Waals surface area contributed by atoms with E-state index < -0.39 is 0 Å². The van der Waals surface area contributed by atoms with Gasteiger partial charge < -0.3 is 10.0 Å². The van der Waals surface area contributed by atoms with Crippen molar-refractivity contribution in [3.05, 3.63) is 35.9 Å². The van der Waals surface area contributed by atoms with Crippen LogP contribution in [0.4, 0.5) is 0 Å². The summed E-state index contributed by atoms with van der Waals surface area (Å²) in [6, 6.07) is 10.1. The minimum atomic E-state index is 0.0463. The maximum absolute atomic E-state index is 10.6. The largest absolute Gasteiger partial charge is 0.394 e. The number of amides is 1. The van der Waals surface area contributed by atoms with Crippen LogP contribution in [0.3, 0.4) is 0 Å². The van der Waals surface area contributed by atoms with Gasteiger partial charge in [-0.3, -0.25) is 9.69 Å². The number of hydrogen-bond donors (Lipinski definition) is 1. The molecule has 17 heavy (non-hydrogen) atoms. The lowest BCUT2D eigenvalue weighted by Gasteiger charge is -2.37. The molecular weight excluding hydrogens is 216 g/mol. The van der Waals surface area contributed by atoms with Gasteiger partial charge in [0.25, 0.3) is 0 Å². The van der Waals surface area contributed by atoms with E-state index in [9.17, 15) is 9.90 Å². The highest BCUT2D eigenvalue weighted by atomic mass is 16.3. The number of carbonyl (C=O) groups is 1. The smallest absolute Gasteiger partial charge is 0.209 e. The van der Waals surface area contributed by atoms with E-state index in [0.717, 1.165) is 38.2 Å². The Kier molecular flexibility index (Phi) is 4.12. The number of hydrogen-bond acceptors (Lipinski definition) is 3. The van der Waals surface area contributed by atoms with E-state index in [1.807, 2.05) is 30.3 Å². The van der Waals surface area contributed by atoms with Gasteiger partial charge >= 0.3 is 0 Å². The Morgan fingerprint density at radius 1 is 1.18 bits per heavy atom. The van der Waals surface area contributed by atoms with Crippen molar-refractivity contribution in [3.63, 3.8) is 0 Å². The summed E-state index contributed by atoms with van der Waals surface area (Å²) in [7, 11) is 0. The van der Waals surface area contributed by atoms with Crippen LogP contribution in [0.1, 0.15) is 11.6 Å². The Morgan fingerprint density at radius 2 is 1.82 bits per heavy atom. The third-order valence-electron chi connectivity index (χ3n) is 3.30. The van der Waals surface area contributed by atoms with E-state index in [-0.39, 0.29) is 12.6 Å². The van der Waals surface area contributed by atoms with E-state index in [1.54, 1.807) is 4.90 Å². The molecule has 1 atom stereocenters. The molecule has 0 spiro atoms. The van der Waals surface area contributed by atoms with Crippen LogP contribution in [-0.4, -0.2) is 54.1 Å². The summed E-state index contributed by atoms with van der Waals surface area (Å²) in [4.78, 5) is 14.6. The summed E-state index contributed by atoms with van der Waals surface area (Å²) in [5, 5.41) is 9.53. The highest BCUT2D eigenvalue weighted by molar-refractivity contribution is 5.47. The zero-order valence-corrected chi connectivity index (χ0v) is 9.83. The zero-order valence-electron chi connectivity index (χ0n) is 9.83. The number of aliphatic hydroxyl groups excluding tert-OH is 1. The molecule has 1 heterocycles.